The number of fused-ring (bicyclic) bond motifs is 1. The Morgan fingerprint density at radius 1 is 1.45 bits per heavy atom. The van der Waals surface area contributed by atoms with Crippen molar-refractivity contribution in [1.29, 1.82) is 0 Å². The molecule has 110 valence electrons. The monoisotopic (exact) mass is 299 g/mol. The largest absolute Gasteiger partial charge is 0.301 e. The van der Waals surface area contributed by atoms with E-state index in [1.807, 2.05) is 6.92 Å². The number of rotatable bonds is 5. The van der Waals surface area contributed by atoms with Gasteiger partial charge in [0.25, 0.3) is 5.69 Å². The van der Waals surface area contributed by atoms with Crippen LogP contribution in [0.1, 0.15) is 25.3 Å². The first-order valence-electron chi connectivity index (χ1n) is 6.50. The first-order valence-corrected chi connectivity index (χ1v) is 7.94. The van der Waals surface area contributed by atoms with Gasteiger partial charge in [-0.3, -0.25) is 14.4 Å². The molecular weight excluding hydrogens is 282 g/mol. The van der Waals surface area contributed by atoms with Crippen LogP contribution in [0.4, 0.5) is 11.4 Å². The molecule has 0 aromatic heterocycles. The van der Waals surface area contributed by atoms with E-state index in [0.29, 0.717) is 31.6 Å². The van der Waals surface area contributed by atoms with Gasteiger partial charge in [0.2, 0.25) is 0 Å². The summed E-state index contributed by atoms with van der Waals surface area (Å²) in [6.07, 6.45) is 2.12. The summed E-state index contributed by atoms with van der Waals surface area (Å²) in [5.41, 5.74) is 1.14. The number of benzene rings is 1. The molecule has 0 amide bonds. The zero-order chi connectivity index (χ0) is 14.8. The minimum atomic E-state index is -3.64. The molecule has 7 nitrogen and oxygen atoms in total. The van der Waals surface area contributed by atoms with Gasteiger partial charge >= 0.3 is 10.2 Å². The number of anilines is 1. The summed E-state index contributed by atoms with van der Waals surface area (Å²) in [5, 5.41) is 10.8. The predicted molar refractivity (Wildman–Crippen MR) is 76.0 cm³/mol. The number of hydrogen-bond donors (Lipinski definition) is 1. The lowest BCUT2D eigenvalue weighted by molar-refractivity contribution is -0.384. The van der Waals surface area contributed by atoms with Gasteiger partial charge in [0.05, 0.1) is 10.6 Å². The molecule has 0 aliphatic carbocycles. The minimum Gasteiger partial charge on any atom is -0.258 e. The van der Waals surface area contributed by atoms with E-state index in [0.717, 1.165) is 12.0 Å². The highest BCUT2D eigenvalue weighted by atomic mass is 32.2. The van der Waals surface area contributed by atoms with Crippen LogP contribution in [0.25, 0.3) is 0 Å². The zero-order valence-corrected chi connectivity index (χ0v) is 12.0. The molecule has 8 heteroatoms. The number of nitrogens with one attached hydrogen (secondary N) is 1. The Labute approximate surface area is 117 Å². The van der Waals surface area contributed by atoms with Crippen molar-refractivity contribution in [2.45, 2.75) is 26.2 Å². The predicted octanol–water partition coefficient (Wildman–Crippen LogP) is 1.59. The van der Waals surface area contributed by atoms with Gasteiger partial charge < -0.3 is 0 Å². The van der Waals surface area contributed by atoms with Gasteiger partial charge in [-0.2, -0.15) is 13.1 Å². The van der Waals surface area contributed by atoms with Crippen LogP contribution in [0, 0.1) is 10.1 Å². The van der Waals surface area contributed by atoms with Crippen molar-refractivity contribution in [3.05, 3.63) is 33.9 Å². The summed E-state index contributed by atoms with van der Waals surface area (Å²) in [7, 11) is -3.64. The fourth-order valence-electron chi connectivity index (χ4n) is 2.20. The molecule has 20 heavy (non-hydrogen) atoms. The Hall–Kier alpha value is -1.67. The van der Waals surface area contributed by atoms with Crippen molar-refractivity contribution in [3.8, 4) is 0 Å². The van der Waals surface area contributed by atoms with Gasteiger partial charge in [-0.05, 0) is 24.8 Å². The highest BCUT2D eigenvalue weighted by Gasteiger charge is 2.28. The van der Waals surface area contributed by atoms with Crippen molar-refractivity contribution >= 4 is 21.6 Å². The molecule has 0 bridgehead atoms. The molecule has 0 unspecified atom stereocenters. The van der Waals surface area contributed by atoms with Gasteiger partial charge in [-0.1, -0.05) is 13.0 Å². The Balaban J connectivity index is 2.40. The number of nitrogens with zero attached hydrogens (tertiary/aromatic N) is 2. The van der Waals surface area contributed by atoms with E-state index in [9.17, 15) is 18.5 Å². The molecule has 1 N–H and O–H groups in total. The van der Waals surface area contributed by atoms with E-state index in [1.54, 1.807) is 6.07 Å². The first kappa shape index (κ1) is 14.7. The summed E-state index contributed by atoms with van der Waals surface area (Å²) in [5.74, 6) is 0. The van der Waals surface area contributed by atoms with Gasteiger partial charge in [-0.25, -0.2) is 0 Å². The SMILES string of the molecule is CCCNS(=O)(=O)N1CCCc2ccc([N+](=O)[O-])cc21. The summed E-state index contributed by atoms with van der Waals surface area (Å²) in [4.78, 5) is 10.3. The van der Waals surface area contributed by atoms with Gasteiger partial charge in [0, 0.05) is 25.2 Å². The molecule has 0 radical (unpaired) electrons. The third-order valence-electron chi connectivity index (χ3n) is 3.18. The molecule has 2 rings (SSSR count). The lowest BCUT2D eigenvalue weighted by atomic mass is 10.0. The summed E-state index contributed by atoms with van der Waals surface area (Å²) in [6.45, 7) is 2.56. The Morgan fingerprint density at radius 2 is 2.20 bits per heavy atom. The molecule has 0 spiro atoms. The van der Waals surface area contributed by atoms with Crippen molar-refractivity contribution in [1.82, 2.24) is 4.72 Å². The summed E-state index contributed by atoms with van der Waals surface area (Å²) < 4.78 is 28.2. The quantitative estimate of drug-likeness (QED) is 0.660. The van der Waals surface area contributed by atoms with Crippen LogP contribution in [0.3, 0.4) is 0 Å². The molecule has 1 aromatic rings. The van der Waals surface area contributed by atoms with Crippen LogP contribution in [-0.2, 0) is 16.6 Å². The third-order valence-corrected chi connectivity index (χ3v) is 4.71. The van der Waals surface area contributed by atoms with Crippen molar-refractivity contribution < 1.29 is 13.3 Å². The van der Waals surface area contributed by atoms with E-state index < -0.39 is 15.1 Å². The lowest BCUT2D eigenvalue weighted by Gasteiger charge is -2.30. The van der Waals surface area contributed by atoms with E-state index in [4.69, 9.17) is 0 Å². The molecule has 0 fully saturated rings. The standard InChI is InChI=1S/C12H17N3O4S/c1-2-7-13-20(18,19)14-8-3-4-10-5-6-11(15(16)17)9-12(10)14/h5-6,9,13H,2-4,7-8H2,1H3. The molecule has 0 saturated carbocycles. The first-order chi connectivity index (χ1) is 9.45. The van der Waals surface area contributed by atoms with Crippen LogP contribution in [-0.4, -0.2) is 26.4 Å². The molecular formula is C12H17N3O4S. The maximum Gasteiger partial charge on any atom is 0.301 e. The van der Waals surface area contributed by atoms with E-state index in [-0.39, 0.29) is 5.69 Å². The average molecular weight is 299 g/mol. The Bertz CT molecular complexity index is 615. The average Bonchev–Trinajstić information content (AvgIpc) is 2.43. The number of nitro groups is 1. The second-order valence-corrected chi connectivity index (χ2v) is 6.32. The Kier molecular flexibility index (Phi) is 4.24. The topological polar surface area (TPSA) is 92.6 Å². The Morgan fingerprint density at radius 3 is 2.85 bits per heavy atom. The van der Waals surface area contributed by atoms with Crippen LogP contribution in [0.15, 0.2) is 18.2 Å². The second kappa shape index (κ2) is 5.76. The highest BCUT2D eigenvalue weighted by Crippen LogP contribution is 2.32. The molecule has 0 atom stereocenters. The van der Waals surface area contributed by atoms with E-state index in [2.05, 4.69) is 4.72 Å². The second-order valence-electron chi connectivity index (χ2n) is 4.65. The molecule has 1 aromatic carbocycles. The van der Waals surface area contributed by atoms with E-state index >= 15 is 0 Å². The van der Waals surface area contributed by atoms with Gasteiger partial charge in [-0.15, -0.1) is 0 Å². The fraction of sp³-hybridized carbons (Fsp3) is 0.500. The van der Waals surface area contributed by atoms with Crippen molar-refractivity contribution in [2.75, 3.05) is 17.4 Å². The van der Waals surface area contributed by atoms with Crippen LogP contribution in [0.5, 0.6) is 0 Å². The van der Waals surface area contributed by atoms with Crippen LogP contribution < -0.4 is 9.03 Å². The molecule has 0 saturated heterocycles. The van der Waals surface area contributed by atoms with Crippen molar-refractivity contribution in [2.24, 2.45) is 0 Å². The molecule has 1 heterocycles. The summed E-state index contributed by atoms with van der Waals surface area (Å²) >= 11 is 0. The van der Waals surface area contributed by atoms with Gasteiger partial charge in [0.15, 0.2) is 0 Å². The molecule has 1 aliphatic rings. The maximum absolute atomic E-state index is 12.2. The fourth-order valence-corrected chi connectivity index (χ4v) is 3.62. The number of non-ortho nitro benzene ring substituents is 1. The van der Waals surface area contributed by atoms with Crippen molar-refractivity contribution in [3.63, 3.8) is 0 Å². The van der Waals surface area contributed by atoms with Crippen LogP contribution in [0.2, 0.25) is 0 Å². The summed E-state index contributed by atoms with van der Waals surface area (Å²) in [6, 6.07) is 4.38. The third kappa shape index (κ3) is 2.91. The normalized spacial score (nSPS) is 14.9. The van der Waals surface area contributed by atoms with E-state index in [1.165, 1.54) is 16.4 Å². The number of nitro benzene ring substituents is 1. The molecule has 1 aliphatic heterocycles. The smallest absolute Gasteiger partial charge is 0.258 e. The van der Waals surface area contributed by atoms with Crippen LogP contribution >= 0.6 is 0 Å². The van der Waals surface area contributed by atoms with Gasteiger partial charge in [0.1, 0.15) is 0 Å². The maximum atomic E-state index is 12.2. The number of hydrogen-bond acceptors (Lipinski definition) is 4. The minimum absolute atomic E-state index is 0.0960. The highest BCUT2D eigenvalue weighted by molar-refractivity contribution is 7.90. The lowest BCUT2D eigenvalue weighted by Crippen LogP contribution is -2.43. The zero-order valence-electron chi connectivity index (χ0n) is 11.2. The number of aryl methyl sites for hydroxylation is 1.